The summed E-state index contributed by atoms with van der Waals surface area (Å²) in [6.07, 6.45) is 1.03. The van der Waals surface area contributed by atoms with Crippen LogP contribution in [0, 0.1) is 17.3 Å². The number of aryl methyl sites for hydroxylation is 1. The molecule has 1 N–H and O–H groups in total. The zero-order chi connectivity index (χ0) is 33.6. The number of piperidine rings is 1. The minimum absolute atomic E-state index is 0.130. The van der Waals surface area contributed by atoms with Gasteiger partial charge in [-0.25, -0.2) is 9.59 Å². The summed E-state index contributed by atoms with van der Waals surface area (Å²) in [5.74, 6) is 6.32. The number of rotatable bonds is 6. The molecule has 1 unspecified atom stereocenters. The molecule has 1 aliphatic heterocycles. The maximum Gasteiger partial charge on any atom is 0.407 e. The van der Waals surface area contributed by atoms with Gasteiger partial charge in [0.25, 0.3) is 5.56 Å². The number of nitrogens with zero attached hydrogens (tertiary/aromatic N) is 5. The molecule has 46 heavy (non-hydrogen) atoms. The molecule has 1 saturated heterocycles. The van der Waals surface area contributed by atoms with E-state index in [4.69, 9.17) is 14.1 Å². The summed E-state index contributed by atoms with van der Waals surface area (Å²) in [7, 11) is 1.57. The van der Waals surface area contributed by atoms with Gasteiger partial charge in [0.05, 0.1) is 13.1 Å². The summed E-state index contributed by atoms with van der Waals surface area (Å²) in [4.78, 5) is 60.9. The lowest BCUT2D eigenvalue weighted by atomic mass is 9.88. The Morgan fingerprint density at radius 1 is 1.11 bits per heavy atom. The van der Waals surface area contributed by atoms with Gasteiger partial charge in [-0.2, -0.15) is 4.98 Å². The Morgan fingerprint density at radius 2 is 1.83 bits per heavy atom. The third-order valence-electron chi connectivity index (χ3n) is 7.95. The number of benzene rings is 1. The zero-order valence-electron chi connectivity index (χ0n) is 27.8. The van der Waals surface area contributed by atoms with E-state index in [2.05, 4.69) is 17.2 Å². The molecule has 0 aliphatic carbocycles. The molecule has 1 atom stereocenters. The summed E-state index contributed by atoms with van der Waals surface area (Å²) in [6, 6.07) is 7.00. The quantitative estimate of drug-likeness (QED) is 0.244. The number of fused-ring (bicyclic) bond motifs is 2. The van der Waals surface area contributed by atoms with Crippen molar-refractivity contribution in [1.82, 2.24) is 24.0 Å². The number of ketones is 1. The molecule has 1 aliphatic rings. The van der Waals surface area contributed by atoms with Gasteiger partial charge >= 0.3 is 11.8 Å². The Hall–Kier alpha value is -4.79. The molecule has 12 nitrogen and oxygen atoms in total. The standard InChI is InChI=1S/C34H42N6O6/c1-9-10-18-39-25-28(36-30(39)38-17-13-14-21(19-38)35-31(43)46-34(5,6)7)37(8)32(44)40(29(25)42)20-23-22-15-11-12-16-24(22)45-26(23)27(41)33(2,3)4/h11-12,15-16,21H,13-14,17-20H2,1-8H3,(H,35,43). The topological polar surface area (TPSA) is 134 Å². The van der Waals surface area contributed by atoms with E-state index in [9.17, 15) is 19.2 Å². The van der Waals surface area contributed by atoms with Gasteiger partial charge in [-0.15, -0.1) is 5.92 Å². The SMILES string of the molecule is CC#CCn1c(N2CCCC(NC(=O)OC(C)(C)C)C2)nc2c1c(=O)n(Cc1c(C(=O)C(C)(C)C)oc3ccccc13)c(=O)n2C. The second-order valence-corrected chi connectivity index (χ2v) is 13.7. The molecule has 0 bridgehead atoms. The minimum Gasteiger partial charge on any atom is -0.453 e. The number of nitrogens with one attached hydrogen (secondary N) is 1. The molecule has 5 rings (SSSR count). The maximum atomic E-state index is 14.3. The van der Waals surface area contributed by atoms with Crippen LogP contribution in [-0.2, 0) is 24.9 Å². The van der Waals surface area contributed by atoms with Crippen LogP contribution < -0.4 is 21.5 Å². The first kappa shape index (κ1) is 32.6. The molecule has 1 fully saturated rings. The average Bonchev–Trinajstić information content (AvgIpc) is 3.54. The van der Waals surface area contributed by atoms with Gasteiger partial charge in [0, 0.05) is 42.5 Å². The number of carbonyl (C=O) groups excluding carboxylic acids is 2. The number of Topliss-reactive ketones (excluding diaryl/α,β-unsaturated/α-hetero) is 1. The van der Waals surface area contributed by atoms with Crippen LogP contribution >= 0.6 is 0 Å². The van der Waals surface area contributed by atoms with Gasteiger partial charge in [0.1, 0.15) is 11.2 Å². The first-order valence-electron chi connectivity index (χ1n) is 15.5. The van der Waals surface area contributed by atoms with Crippen molar-refractivity contribution in [3.8, 4) is 11.8 Å². The second kappa shape index (κ2) is 12.2. The number of hydrogen-bond donors (Lipinski definition) is 1. The summed E-state index contributed by atoms with van der Waals surface area (Å²) in [6.45, 7) is 13.6. The molecule has 244 valence electrons. The third kappa shape index (κ3) is 6.32. The van der Waals surface area contributed by atoms with Crippen molar-refractivity contribution in [2.45, 2.75) is 86.0 Å². The lowest BCUT2D eigenvalue weighted by molar-refractivity contribution is 0.0499. The fourth-order valence-corrected chi connectivity index (χ4v) is 5.74. The van der Waals surface area contributed by atoms with Crippen LogP contribution in [0.1, 0.15) is 77.4 Å². The third-order valence-corrected chi connectivity index (χ3v) is 7.95. The molecule has 3 aromatic heterocycles. The van der Waals surface area contributed by atoms with Gasteiger partial charge in [0.15, 0.2) is 16.9 Å². The number of hydrogen-bond acceptors (Lipinski definition) is 8. The molecule has 0 saturated carbocycles. The van der Waals surface area contributed by atoms with Crippen molar-refractivity contribution in [2.75, 3.05) is 18.0 Å². The number of aromatic nitrogens is 4. The number of imidazole rings is 1. The van der Waals surface area contributed by atoms with Crippen molar-refractivity contribution in [3.63, 3.8) is 0 Å². The molecular formula is C34H42N6O6. The Kier molecular flexibility index (Phi) is 8.64. The number of anilines is 1. The van der Waals surface area contributed by atoms with Crippen LogP contribution in [0.3, 0.4) is 0 Å². The number of para-hydroxylation sites is 1. The van der Waals surface area contributed by atoms with Gasteiger partial charge in [0.2, 0.25) is 11.7 Å². The van der Waals surface area contributed by atoms with E-state index in [1.807, 2.05) is 37.8 Å². The molecule has 4 aromatic rings. The first-order valence-corrected chi connectivity index (χ1v) is 15.5. The van der Waals surface area contributed by atoms with E-state index < -0.39 is 28.4 Å². The van der Waals surface area contributed by atoms with Crippen LogP contribution in [0.15, 0.2) is 38.3 Å². The van der Waals surface area contributed by atoms with Gasteiger partial charge < -0.3 is 19.4 Å². The van der Waals surface area contributed by atoms with Crippen molar-refractivity contribution in [3.05, 3.63) is 56.4 Å². The number of alkyl carbamates (subject to hydrolysis) is 1. The van der Waals surface area contributed by atoms with Gasteiger partial charge in [-0.1, -0.05) is 44.9 Å². The Labute approximate surface area is 267 Å². The molecule has 12 heteroatoms. The summed E-state index contributed by atoms with van der Waals surface area (Å²) in [5, 5.41) is 3.61. The molecule has 1 aromatic carbocycles. The highest BCUT2D eigenvalue weighted by Gasteiger charge is 2.32. The van der Waals surface area contributed by atoms with Crippen molar-refractivity contribution < 1.29 is 18.7 Å². The number of amides is 1. The monoisotopic (exact) mass is 630 g/mol. The number of furan rings is 1. The summed E-state index contributed by atoms with van der Waals surface area (Å²) >= 11 is 0. The highest BCUT2D eigenvalue weighted by Crippen LogP contribution is 2.32. The molecular weight excluding hydrogens is 588 g/mol. The predicted octanol–water partition coefficient (Wildman–Crippen LogP) is 4.44. The van der Waals surface area contributed by atoms with Crippen LogP contribution in [0.5, 0.6) is 0 Å². The fourth-order valence-electron chi connectivity index (χ4n) is 5.74. The van der Waals surface area contributed by atoms with Crippen LogP contribution in [0.25, 0.3) is 22.1 Å². The van der Waals surface area contributed by atoms with E-state index in [-0.39, 0.29) is 41.8 Å². The molecule has 1 amide bonds. The zero-order valence-corrected chi connectivity index (χ0v) is 27.8. The predicted molar refractivity (Wildman–Crippen MR) is 176 cm³/mol. The van der Waals surface area contributed by atoms with Crippen LogP contribution in [-0.4, -0.2) is 55.3 Å². The maximum absolute atomic E-state index is 14.3. The largest absolute Gasteiger partial charge is 0.453 e. The highest BCUT2D eigenvalue weighted by atomic mass is 16.6. The highest BCUT2D eigenvalue weighted by molar-refractivity contribution is 6.03. The summed E-state index contributed by atoms with van der Waals surface area (Å²) < 4.78 is 15.7. The van der Waals surface area contributed by atoms with Gasteiger partial charge in [-0.3, -0.25) is 23.3 Å². The number of ether oxygens (including phenoxy) is 1. The van der Waals surface area contributed by atoms with E-state index >= 15 is 0 Å². The fraction of sp³-hybridized carbons (Fsp3) is 0.500. The first-order chi connectivity index (χ1) is 21.6. The average molecular weight is 631 g/mol. The number of carbonyl (C=O) groups is 2. The normalized spacial score (nSPS) is 15.6. The lowest BCUT2D eigenvalue weighted by Crippen LogP contribution is -2.49. The van der Waals surface area contributed by atoms with E-state index in [1.165, 1.54) is 4.57 Å². The van der Waals surface area contributed by atoms with E-state index in [0.717, 1.165) is 17.4 Å². The Balaban J connectivity index is 1.61. The van der Waals surface area contributed by atoms with Crippen LogP contribution in [0.4, 0.5) is 10.7 Å². The molecule has 0 radical (unpaired) electrons. The van der Waals surface area contributed by atoms with Crippen molar-refractivity contribution in [1.29, 1.82) is 0 Å². The Morgan fingerprint density at radius 3 is 2.50 bits per heavy atom. The van der Waals surface area contributed by atoms with Crippen LogP contribution in [0.2, 0.25) is 0 Å². The van der Waals surface area contributed by atoms with E-state index in [0.29, 0.717) is 35.6 Å². The second-order valence-electron chi connectivity index (χ2n) is 13.7. The van der Waals surface area contributed by atoms with E-state index in [1.54, 1.807) is 51.4 Å². The van der Waals surface area contributed by atoms with Crippen molar-refractivity contribution >= 4 is 40.0 Å². The van der Waals surface area contributed by atoms with Crippen molar-refractivity contribution in [2.24, 2.45) is 12.5 Å². The summed E-state index contributed by atoms with van der Waals surface area (Å²) in [5.41, 5.74) is -1.07. The molecule has 4 heterocycles. The lowest BCUT2D eigenvalue weighted by Gasteiger charge is -2.34. The molecule has 0 spiro atoms. The van der Waals surface area contributed by atoms with Gasteiger partial charge in [-0.05, 0) is 46.6 Å². The minimum atomic E-state index is -0.751. The Bertz CT molecular complexity index is 2000. The smallest absolute Gasteiger partial charge is 0.407 e.